The Labute approximate surface area is 150 Å². The van der Waals surface area contributed by atoms with E-state index in [1.807, 2.05) is 23.6 Å². The number of nitrogens with one attached hydrogen (secondary N) is 1. The molecule has 2 atom stereocenters. The molecule has 7 heteroatoms. The van der Waals surface area contributed by atoms with Crippen LogP contribution in [0.25, 0.3) is 10.6 Å². The van der Waals surface area contributed by atoms with Gasteiger partial charge in [0.1, 0.15) is 5.01 Å². The number of carbonyl (C=O) groups is 1. The van der Waals surface area contributed by atoms with Gasteiger partial charge < -0.3 is 20.5 Å². The molecular formula is C18H21N3O3S. The van der Waals surface area contributed by atoms with Crippen molar-refractivity contribution < 1.29 is 14.3 Å². The molecule has 2 unspecified atom stereocenters. The SMILES string of the molecule is NCC1CCCC1NC(=O)Cc1csc(-c2ccc3c(c2)OCO3)n1. The Kier molecular flexibility index (Phi) is 4.59. The van der Waals surface area contributed by atoms with Gasteiger partial charge in [0.05, 0.1) is 12.1 Å². The van der Waals surface area contributed by atoms with Crippen LogP contribution in [-0.2, 0) is 11.2 Å². The molecule has 1 aliphatic heterocycles. The molecule has 0 saturated heterocycles. The molecule has 132 valence electrons. The smallest absolute Gasteiger partial charge is 0.231 e. The minimum Gasteiger partial charge on any atom is -0.454 e. The predicted octanol–water partition coefficient (Wildman–Crippen LogP) is 2.32. The van der Waals surface area contributed by atoms with E-state index in [9.17, 15) is 4.79 Å². The van der Waals surface area contributed by atoms with Crippen molar-refractivity contribution in [3.63, 3.8) is 0 Å². The third-order valence-corrected chi connectivity index (χ3v) is 5.76. The Hall–Kier alpha value is -2.12. The fraction of sp³-hybridized carbons (Fsp3) is 0.444. The van der Waals surface area contributed by atoms with Gasteiger partial charge in [-0.2, -0.15) is 0 Å². The number of aromatic nitrogens is 1. The molecule has 1 aliphatic carbocycles. The van der Waals surface area contributed by atoms with Crippen molar-refractivity contribution in [3.8, 4) is 22.1 Å². The van der Waals surface area contributed by atoms with Crippen LogP contribution in [0.15, 0.2) is 23.6 Å². The number of ether oxygens (including phenoxy) is 2. The Morgan fingerprint density at radius 3 is 3.08 bits per heavy atom. The summed E-state index contributed by atoms with van der Waals surface area (Å²) < 4.78 is 10.7. The summed E-state index contributed by atoms with van der Waals surface area (Å²) in [6.07, 6.45) is 3.56. The Bertz CT molecular complexity index is 777. The molecule has 1 aromatic carbocycles. The zero-order chi connectivity index (χ0) is 17.2. The molecule has 0 radical (unpaired) electrons. The van der Waals surface area contributed by atoms with Crippen LogP contribution in [0, 0.1) is 5.92 Å². The van der Waals surface area contributed by atoms with E-state index in [1.54, 1.807) is 0 Å². The van der Waals surface area contributed by atoms with E-state index in [0.717, 1.165) is 47.0 Å². The fourth-order valence-electron chi connectivity index (χ4n) is 3.48. The van der Waals surface area contributed by atoms with Gasteiger partial charge in [-0.05, 0) is 43.5 Å². The summed E-state index contributed by atoms with van der Waals surface area (Å²) in [6.45, 7) is 0.892. The normalized spacial score (nSPS) is 21.5. The van der Waals surface area contributed by atoms with Crippen molar-refractivity contribution in [2.75, 3.05) is 13.3 Å². The van der Waals surface area contributed by atoms with Crippen molar-refractivity contribution in [2.24, 2.45) is 11.7 Å². The lowest BCUT2D eigenvalue weighted by atomic mass is 10.0. The maximum Gasteiger partial charge on any atom is 0.231 e. The molecule has 2 aliphatic rings. The first-order valence-corrected chi connectivity index (χ1v) is 9.45. The van der Waals surface area contributed by atoms with Gasteiger partial charge in [-0.3, -0.25) is 4.79 Å². The summed E-state index contributed by atoms with van der Waals surface area (Å²) in [5.41, 5.74) is 7.54. The summed E-state index contributed by atoms with van der Waals surface area (Å²) >= 11 is 1.53. The van der Waals surface area contributed by atoms with Gasteiger partial charge in [0, 0.05) is 17.0 Å². The lowest BCUT2D eigenvalue weighted by molar-refractivity contribution is -0.121. The first-order valence-electron chi connectivity index (χ1n) is 8.57. The first kappa shape index (κ1) is 16.4. The minimum absolute atomic E-state index is 0.0212. The zero-order valence-corrected chi connectivity index (χ0v) is 14.7. The summed E-state index contributed by atoms with van der Waals surface area (Å²) in [5.74, 6) is 1.92. The van der Waals surface area contributed by atoms with Crippen molar-refractivity contribution in [1.82, 2.24) is 10.3 Å². The number of hydrogen-bond acceptors (Lipinski definition) is 6. The van der Waals surface area contributed by atoms with Crippen molar-refractivity contribution in [1.29, 1.82) is 0 Å². The number of benzene rings is 1. The van der Waals surface area contributed by atoms with Gasteiger partial charge in [-0.25, -0.2) is 4.98 Å². The van der Waals surface area contributed by atoms with Crippen molar-refractivity contribution in [2.45, 2.75) is 31.7 Å². The largest absolute Gasteiger partial charge is 0.454 e. The van der Waals surface area contributed by atoms with Crippen LogP contribution in [0.5, 0.6) is 11.5 Å². The van der Waals surface area contributed by atoms with Gasteiger partial charge in [0.25, 0.3) is 0 Å². The van der Waals surface area contributed by atoms with E-state index in [4.69, 9.17) is 15.2 Å². The molecule has 1 amide bonds. The molecule has 0 spiro atoms. The van der Waals surface area contributed by atoms with E-state index in [1.165, 1.54) is 11.3 Å². The van der Waals surface area contributed by atoms with E-state index in [2.05, 4.69) is 10.3 Å². The molecule has 1 saturated carbocycles. The maximum atomic E-state index is 12.3. The molecule has 3 N–H and O–H groups in total. The Balaban J connectivity index is 1.40. The molecule has 1 aromatic heterocycles. The average Bonchev–Trinajstić information content (AvgIpc) is 3.34. The van der Waals surface area contributed by atoms with E-state index < -0.39 is 0 Å². The van der Waals surface area contributed by atoms with Gasteiger partial charge in [0.2, 0.25) is 12.7 Å². The van der Waals surface area contributed by atoms with Crippen molar-refractivity contribution in [3.05, 3.63) is 29.3 Å². The second kappa shape index (κ2) is 7.01. The molecule has 2 heterocycles. The Morgan fingerprint density at radius 2 is 2.20 bits per heavy atom. The first-order chi connectivity index (χ1) is 12.2. The highest BCUT2D eigenvalue weighted by Crippen LogP contribution is 2.36. The van der Waals surface area contributed by atoms with E-state index in [0.29, 0.717) is 18.9 Å². The highest BCUT2D eigenvalue weighted by Gasteiger charge is 2.27. The number of fused-ring (bicyclic) bond motifs is 1. The standard InChI is InChI=1S/C18H21N3O3S/c19-8-12-2-1-3-14(12)21-17(22)7-13-9-25-18(20-13)11-4-5-15-16(6-11)24-10-23-15/h4-6,9,12,14H,1-3,7-8,10,19H2,(H,21,22). The van der Waals surface area contributed by atoms with Gasteiger partial charge >= 0.3 is 0 Å². The third-order valence-electron chi connectivity index (χ3n) is 4.82. The van der Waals surface area contributed by atoms with E-state index in [-0.39, 0.29) is 18.7 Å². The minimum atomic E-state index is 0.0212. The summed E-state index contributed by atoms with van der Waals surface area (Å²) in [6, 6.07) is 5.98. The van der Waals surface area contributed by atoms with Crippen LogP contribution in [0.1, 0.15) is 25.0 Å². The highest BCUT2D eigenvalue weighted by atomic mass is 32.1. The number of thiazole rings is 1. The summed E-state index contributed by atoms with van der Waals surface area (Å²) in [5, 5.41) is 5.94. The molecule has 25 heavy (non-hydrogen) atoms. The number of rotatable bonds is 5. The second-order valence-electron chi connectivity index (χ2n) is 6.49. The lowest BCUT2D eigenvalue weighted by Crippen LogP contribution is -2.40. The maximum absolute atomic E-state index is 12.3. The quantitative estimate of drug-likeness (QED) is 0.856. The Morgan fingerprint density at radius 1 is 1.32 bits per heavy atom. The van der Waals surface area contributed by atoms with Crippen LogP contribution in [0.4, 0.5) is 0 Å². The highest BCUT2D eigenvalue weighted by molar-refractivity contribution is 7.13. The summed E-state index contributed by atoms with van der Waals surface area (Å²) in [4.78, 5) is 16.9. The number of amides is 1. The van der Waals surface area contributed by atoms with Gasteiger partial charge in [-0.1, -0.05) is 6.42 Å². The van der Waals surface area contributed by atoms with Crippen LogP contribution < -0.4 is 20.5 Å². The molecule has 1 fully saturated rings. The third kappa shape index (κ3) is 3.48. The number of nitrogens with two attached hydrogens (primary N) is 1. The van der Waals surface area contributed by atoms with Crippen LogP contribution in [-0.4, -0.2) is 30.3 Å². The lowest BCUT2D eigenvalue weighted by Gasteiger charge is -2.19. The number of nitrogens with zero attached hydrogens (tertiary/aromatic N) is 1. The van der Waals surface area contributed by atoms with Crippen molar-refractivity contribution >= 4 is 17.2 Å². The van der Waals surface area contributed by atoms with Gasteiger partial charge in [-0.15, -0.1) is 11.3 Å². The topological polar surface area (TPSA) is 86.5 Å². The number of carbonyl (C=O) groups excluding carboxylic acids is 1. The van der Waals surface area contributed by atoms with Gasteiger partial charge in [0.15, 0.2) is 11.5 Å². The predicted molar refractivity (Wildman–Crippen MR) is 95.7 cm³/mol. The average molecular weight is 359 g/mol. The molecule has 4 rings (SSSR count). The monoisotopic (exact) mass is 359 g/mol. The molecular weight excluding hydrogens is 338 g/mol. The number of hydrogen-bond donors (Lipinski definition) is 2. The molecule has 0 bridgehead atoms. The zero-order valence-electron chi connectivity index (χ0n) is 13.9. The second-order valence-corrected chi connectivity index (χ2v) is 7.35. The van der Waals surface area contributed by atoms with Crippen LogP contribution >= 0.6 is 11.3 Å². The molecule has 2 aromatic rings. The summed E-state index contributed by atoms with van der Waals surface area (Å²) in [7, 11) is 0. The van der Waals surface area contributed by atoms with E-state index >= 15 is 0 Å². The molecule has 6 nitrogen and oxygen atoms in total. The fourth-order valence-corrected chi connectivity index (χ4v) is 4.30. The van der Waals surface area contributed by atoms with Crippen LogP contribution in [0.3, 0.4) is 0 Å². The van der Waals surface area contributed by atoms with Crippen LogP contribution in [0.2, 0.25) is 0 Å².